The molecule has 0 radical (unpaired) electrons. The van der Waals surface area contributed by atoms with E-state index in [1.807, 2.05) is 0 Å². The first kappa shape index (κ1) is 61.6. The van der Waals surface area contributed by atoms with Crippen molar-refractivity contribution in [2.75, 3.05) is 13.2 Å². The van der Waals surface area contributed by atoms with Crippen LogP contribution in [0.2, 0.25) is 0 Å². The van der Waals surface area contributed by atoms with Crippen molar-refractivity contribution in [3.05, 3.63) is 24.3 Å². The summed E-state index contributed by atoms with van der Waals surface area (Å²) in [4.78, 5) is 13.1. The highest BCUT2D eigenvalue weighted by Crippen LogP contribution is 2.23. The summed E-state index contributed by atoms with van der Waals surface area (Å²) in [5.41, 5.74) is 0. The quantitative estimate of drug-likeness (QED) is 0.0232. The Morgan fingerprint density at radius 2 is 0.908 bits per heavy atom. The molecule has 8 unspecified atom stereocenters. The van der Waals surface area contributed by atoms with Gasteiger partial charge < -0.3 is 45.4 Å². The van der Waals surface area contributed by atoms with E-state index in [-0.39, 0.29) is 6.61 Å². The predicted molar refractivity (Wildman–Crippen MR) is 269 cm³/mol. The number of allylic oxidation sites excluding steroid dienone is 4. The van der Waals surface area contributed by atoms with E-state index < -0.39 is 61.5 Å². The van der Waals surface area contributed by atoms with Crippen LogP contribution in [0.4, 0.5) is 0 Å². The maximum Gasteiger partial charge on any atom is 0.249 e. The lowest BCUT2D eigenvalue weighted by atomic mass is 9.99. The van der Waals surface area contributed by atoms with Gasteiger partial charge in [-0.1, -0.05) is 237 Å². The van der Waals surface area contributed by atoms with Crippen LogP contribution in [0.25, 0.3) is 0 Å². The highest BCUT2D eigenvalue weighted by molar-refractivity contribution is 5.80. The molecular formula is C55H105NO9. The molecule has 1 heterocycles. The monoisotopic (exact) mass is 924 g/mol. The topological polar surface area (TPSA) is 169 Å². The summed E-state index contributed by atoms with van der Waals surface area (Å²) in [7, 11) is 0. The third kappa shape index (κ3) is 34.6. The Morgan fingerprint density at radius 1 is 0.523 bits per heavy atom. The van der Waals surface area contributed by atoms with Gasteiger partial charge >= 0.3 is 0 Å². The molecule has 10 nitrogen and oxygen atoms in total. The standard InChI is InChI=1S/C55H105NO9/c1-3-5-7-9-11-13-15-17-19-21-22-23-24-25-26-27-28-30-32-34-36-38-40-42-44-49(59)54(63)56-47(46-64-55-53(62)52(61)51(60)50(45-57)65-55)48(58)43-41-39-37-35-33-31-29-20-18-16-14-12-10-8-6-4-2/h22-23,25-26,47-53,55,57-62H,3-21,24,27-46H2,1-2H3,(H,56,63)/b23-22-,26-25-. The Morgan fingerprint density at radius 3 is 1.32 bits per heavy atom. The molecule has 1 aliphatic rings. The summed E-state index contributed by atoms with van der Waals surface area (Å²) in [5.74, 6) is -0.586. The van der Waals surface area contributed by atoms with Gasteiger partial charge in [-0.2, -0.15) is 0 Å². The number of aliphatic hydroxyl groups is 6. The number of amides is 1. The van der Waals surface area contributed by atoms with E-state index in [0.29, 0.717) is 12.8 Å². The van der Waals surface area contributed by atoms with Crippen molar-refractivity contribution in [1.29, 1.82) is 0 Å². The predicted octanol–water partition coefficient (Wildman–Crippen LogP) is 12.0. The Labute approximate surface area is 399 Å². The minimum absolute atomic E-state index is 0.256. The molecule has 1 fully saturated rings. The fourth-order valence-electron chi connectivity index (χ4n) is 8.91. The number of aliphatic hydroxyl groups excluding tert-OH is 6. The first-order valence-electron chi connectivity index (χ1n) is 27.6. The van der Waals surface area contributed by atoms with E-state index in [2.05, 4.69) is 43.5 Å². The van der Waals surface area contributed by atoms with Crippen LogP contribution in [0, 0.1) is 0 Å². The van der Waals surface area contributed by atoms with Crippen LogP contribution in [0.3, 0.4) is 0 Å². The van der Waals surface area contributed by atoms with Crippen molar-refractivity contribution in [2.45, 2.75) is 307 Å². The van der Waals surface area contributed by atoms with Gasteiger partial charge in [-0.05, 0) is 44.9 Å². The number of hydrogen-bond acceptors (Lipinski definition) is 9. The second kappa shape index (κ2) is 45.1. The highest BCUT2D eigenvalue weighted by Gasteiger charge is 2.44. The molecule has 1 rings (SSSR count). The van der Waals surface area contributed by atoms with E-state index in [9.17, 15) is 35.4 Å². The molecule has 7 N–H and O–H groups in total. The third-order valence-electron chi connectivity index (χ3n) is 13.4. The van der Waals surface area contributed by atoms with Crippen LogP contribution in [0.5, 0.6) is 0 Å². The van der Waals surface area contributed by atoms with Gasteiger partial charge in [0.25, 0.3) is 0 Å². The van der Waals surface area contributed by atoms with Crippen molar-refractivity contribution in [3.63, 3.8) is 0 Å². The third-order valence-corrected chi connectivity index (χ3v) is 13.4. The fraction of sp³-hybridized carbons (Fsp3) is 0.909. The van der Waals surface area contributed by atoms with Gasteiger partial charge in [-0.25, -0.2) is 0 Å². The number of carbonyl (C=O) groups is 1. The second-order valence-corrected chi connectivity index (χ2v) is 19.5. The zero-order valence-electron chi connectivity index (χ0n) is 42.1. The summed E-state index contributed by atoms with van der Waals surface area (Å²) < 4.78 is 11.2. The summed E-state index contributed by atoms with van der Waals surface area (Å²) in [6, 6.07) is -0.896. The summed E-state index contributed by atoms with van der Waals surface area (Å²) >= 11 is 0. The van der Waals surface area contributed by atoms with E-state index in [4.69, 9.17) is 9.47 Å². The van der Waals surface area contributed by atoms with Gasteiger partial charge in [0.15, 0.2) is 6.29 Å². The van der Waals surface area contributed by atoms with Crippen molar-refractivity contribution >= 4 is 5.91 Å². The molecule has 0 aromatic heterocycles. The lowest BCUT2D eigenvalue weighted by molar-refractivity contribution is -0.302. The lowest BCUT2D eigenvalue weighted by Crippen LogP contribution is -2.60. The van der Waals surface area contributed by atoms with Crippen molar-refractivity contribution < 1.29 is 44.9 Å². The highest BCUT2D eigenvalue weighted by atomic mass is 16.7. The van der Waals surface area contributed by atoms with Crippen molar-refractivity contribution in [1.82, 2.24) is 5.32 Å². The minimum atomic E-state index is -1.60. The van der Waals surface area contributed by atoms with Gasteiger partial charge in [-0.3, -0.25) is 4.79 Å². The molecule has 8 atom stereocenters. The summed E-state index contributed by atoms with van der Waals surface area (Å²) in [6.07, 6.45) is 45.1. The van der Waals surface area contributed by atoms with E-state index in [1.165, 1.54) is 167 Å². The molecular weight excluding hydrogens is 819 g/mol. The fourth-order valence-corrected chi connectivity index (χ4v) is 8.91. The molecule has 0 bridgehead atoms. The number of unbranched alkanes of at least 4 members (excludes halogenated alkanes) is 32. The molecule has 1 aliphatic heterocycles. The Balaban J connectivity index is 2.27. The van der Waals surface area contributed by atoms with Gasteiger partial charge in [0.05, 0.1) is 25.4 Å². The van der Waals surface area contributed by atoms with Crippen LogP contribution in [-0.4, -0.2) is 98.7 Å². The van der Waals surface area contributed by atoms with Crippen LogP contribution in [0.15, 0.2) is 24.3 Å². The Hall–Kier alpha value is -1.37. The molecule has 10 heteroatoms. The number of hydrogen-bond donors (Lipinski definition) is 7. The van der Waals surface area contributed by atoms with Crippen LogP contribution in [0.1, 0.15) is 258 Å². The van der Waals surface area contributed by atoms with E-state index in [0.717, 1.165) is 64.2 Å². The molecule has 1 saturated heterocycles. The average molecular weight is 924 g/mol. The lowest BCUT2D eigenvalue weighted by Gasteiger charge is -2.40. The smallest absolute Gasteiger partial charge is 0.249 e. The Bertz CT molecular complexity index is 1090. The molecule has 0 aliphatic carbocycles. The van der Waals surface area contributed by atoms with Crippen molar-refractivity contribution in [3.8, 4) is 0 Å². The average Bonchev–Trinajstić information content (AvgIpc) is 3.31. The van der Waals surface area contributed by atoms with Gasteiger partial charge in [0.1, 0.15) is 30.5 Å². The molecule has 0 saturated carbocycles. The number of carbonyl (C=O) groups excluding carboxylic acids is 1. The normalized spacial score (nSPS) is 20.5. The molecule has 0 spiro atoms. The largest absolute Gasteiger partial charge is 0.394 e. The van der Waals surface area contributed by atoms with Crippen molar-refractivity contribution in [2.24, 2.45) is 0 Å². The van der Waals surface area contributed by atoms with Crippen LogP contribution in [-0.2, 0) is 14.3 Å². The first-order chi connectivity index (χ1) is 31.8. The zero-order chi connectivity index (χ0) is 47.4. The Kier molecular flexibility index (Phi) is 42.8. The molecule has 384 valence electrons. The molecule has 0 aromatic carbocycles. The first-order valence-corrected chi connectivity index (χ1v) is 27.6. The minimum Gasteiger partial charge on any atom is -0.394 e. The van der Waals surface area contributed by atoms with Crippen LogP contribution < -0.4 is 5.32 Å². The molecule has 65 heavy (non-hydrogen) atoms. The molecule has 1 amide bonds. The summed E-state index contributed by atoms with van der Waals surface area (Å²) in [6.45, 7) is 3.69. The maximum absolute atomic E-state index is 13.1. The number of rotatable bonds is 47. The van der Waals surface area contributed by atoms with E-state index in [1.54, 1.807) is 0 Å². The number of ether oxygens (including phenoxy) is 2. The van der Waals surface area contributed by atoms with E-state index >= 15 is 0 Å². The summed E-state index contributed by atoms with van der Waals surface area (Å²) in [5, 5.41) is 65.1. The van der Waals surface area contributed by atoms with Crippen LogP contribution >= 0.6 is 0 Å². The SMILES string of the molecule is CCCCCCCCCCC/C=C\C/C=C\CCCCCCCCCCC(O)C(=O)NC(COC1OC(CO)C(O)C(O)C1O)C(O)CCCCCCCCCCCCCCCCCC. The number of nitrogens with one attached hydrogen (secondary N) is 1. The van der Waals surface area contributed by atoms with Gasteiger partial charge in [-0.15, -0.1) is 0 Å². The zero-order valence-corrected chi connectivity index (χ0v) is 42.1. The van der Waals surface area contributed by atoms with Gasteiger partial charge in [0, 0.05) is 0 Å². The van der Waals surface area contributed by atoms with Gasteiger partial charge in [0.2, 0.25) is 5.91 Å². The second-order valence-electron chi connectivity index (χ2n) is 19.5. The molecule has 0 aromatic rings. The maximum atomic E-state index is 13.1.